The summed E-state index contributed by atoms with van der Waals surface area (Å²) in [7, 11) is -3.78. The largest absolute Gasteiger partial charge is 0.294 e. The van der Waals surface area contributed by atoms with Crippen molar-refractivity contribution in [3.05, 3.63) is 22.3 Å². The van der Waals surface area contributed by atoms with Gasteiger partial charge in [-0.3, -0.25) is 4.55 Å². The van der Waals surface area contributed by atoms with Gasteiger partial charge in [-0.2, -0.15) is 8.42 Å². The van der Waals surface area contributed by atoms with Crippen LogP contribution >= 0.6 is 0 Å². The molecule has 1 aromatic rings. The van der Waals surface area contributed by atoms with Crippen molar-refractivity contribution in [1.29, 1.82) is 0 Å². The molecule has 0 spiro atoms. The lowest BCUT2D eigenvalue weighted by molar-refractivity contribution is 0.483. The zero-order valence-electron chi connectivity index (χ0n) is 11.7. The Hall–Kier alpha value is -0.653. The van der Waals surface area contributed by atoms with Gasteiger partial charge in [0.25, 0.3) is 10.1 Å². The van der Waals surface area contributed by atoms with Crippen molar-refractivity contribution in [3.8, 4) is 0 Å². The second-order valence-electron chi connectivity index (χ2n) is 4.98. The number of rotatable bonds is 3. The van der Waals surface area contributed by atoms with Crippen LogP contribution in [0.4, 0.5) is 0 Å². The van der Waals surface area contributed by atoms with Crippen LogP contribution in [0.5, 0.6) is 0 Å². The fourth-order valence-corrected chi connectivity index (χ4v) is 4.88. The molecular weight excluding hydrogens is 264 g/mol. The van der Waals surface area contributed by atoms with E-state index in [2.05, 4.69) is 13.8 Å². The van der Waals surface area contributed by atoms with Crippen LogP contribution in [0.3, 0.4) is 0 Å². The third-order valence-electron chi connectivity index (χ3n) is 3.32. The van der Waals surface area contributed by atoms with Crippen LogP contribution in [0, 0.1) is 27.7 Å². The molecule has 0 atom stereocenters. The SMILES string of the molecule is Cc1c(C)c(C)c(S(=O)(=O)O)c([Si]C(C)C)c1C. The molecule has 0 bridgehead atoms. The van der Waals surface area contributed by atoms with Crippen molar-refractivity contribution < 1.29 is 13.0 Å². The monoisotopic (exact) mass is 284 g/mol. The molecular formula is C13H20O3SSi. The molecule has 0 fully saturated rings. The van der Waals surface area contributed by atoms with E-state index in [1.54, 1.807) is 6.92 Å². The zero-order chi connectivity index (χ0) is 14.2. The molecule has 0 aliphatic carbocycles. The highest BCUT2D eigenvalue weighted by Gasteiger charge is 2.24. The zero-order valence-corrected chi connectivity index (χ0v) is 13.6. The van der Waals surface area contributed by atoms with E-state index in [4.69, 9.17) is 0 Å². The molecule has 0 aliphatic heterocycles. The van der Waals surface area contributed by atoms with Crippen molar-refractivity contribution in [3.63, 3.8) is 0 Å². The molecule has 100 valence electrons. The smallest absolute Gasteiger partial charge is 0.282 e. The van der Waals surface area contributed by atoms with Gasteiger partial charge in [-0.1, -0.05) is 19.4 Å². The average molecular weight is 284 g/mol. The van der Waals surface area contributed by atoms with E-state index in [9.17, 15) is 13.0 Å². The Balaban J connectivity index is 3.76. The molecule has 0 amide bonds. The summed E-state index contributed by atoms with van der Waals surface area (Å²) < 4.78 is 32.7. The molecule has 0 unspecified atom stereocenters. The second-order valence-corrected chi connectivity index (χ2v) is 8.28. The van der Waals surface area contributed by atoms with E-state index >= 15 is 0 Å². The highest BCUT2D eigenvalue weighted by molar-refractivity contribution is 7.86. The third kappa shape index (κ3) is 2.84. The molecule has 0 aliphatic rings. The van der Waals surface area contributed by atoms with Crippen LogP contribution in [-0.2, 0) is 10.1 Å². The molecule has 1 rings (SSSR count). The maximum Gasteiger partial charge on any atom is 0.294 e. The van der Waals surface area contributed by atoms with Crippen molar-refractivity contribution in [2.75, 3.05) is 0 Å². The minimum absolute atomic E-state index is 0.120. The van der Waals surface area contributed by atoms with Crippen LogP contribution < -0.4 is 5.19 Å². The lowest BCUT2D eigenvalue weighted by Crippen LogP contribution is -2.29. The van der Waals surface area contributed by atoms with Crippen LogP contribution in [0.15, 0.2) is 4.90 Å². The van der Waals surface area contributed by atoms with Crippen molar-refractivity contribution in [2.45, 2.75) is 52.0 Å². The lowest BCUT2D eigenvalue weighted by Gasteiger charge is -2.19. The van der Waals surface area contributed by atoms with E-state index < -0.39 is 10.1 Å². The average Bonchev–Trinajstić information content (AvgIpc) is 2.20. The van der Waals surface area contributed by atoms with Gasteiger partial charge >= 0.3 is 0 Å². The van der Waals surface area contributed by atoms with Gasteiger partial charge in [-0.05, 0) is 55.1 Å². The summed E-state index contributed by atoms with van der Waals surface area (Å²) in [4.78, 5) is 0.120. The van der Waals surface area contributed by atoms with Crippen LogP contribution in [-0.4, -0.2) is 22.5 Å². The Bertz CT molecular complexity index is 575. The van der Waals surface area contributed by atoms with E-state index in [-0.39, 0.29) is 4.90 Å². The summed E-state index contributed by atoms with van der Waals surface area (Å²) in [6.07, 6.45) is 0. The van der Waals surface area contributed by atoms with E-state index in [0.717, 1.165) is 21.9 Å². The van der Waals surface area contributed by atoms with E-state index in [1.165, 1.54) is 0 Å². The molecule has 1 aromatic carbocycles. The van der Waals surface area contributed by atoms with Crippen LogP contribution in [0.1, 0.15) is 36.1 Å². The normalized spacial score (nSPS) is 12.2. The summed E-state index contributed by atoms with van der Waals surface area (Å²) in [5.41, 5.74) is 4.08. The van der Waals surface area contributed by atoms with Crippen molar-refractivity contribution in [2.24, 2.45) is 0 Å². The summed E-state index contributed by atoms with van der Waals surface area (Å²) in [5, 5.41) is 0.785. The fraction of sp³-hybridized carbons (Fsp3) is 0.538. The topological polar surface area (TPSA) is 54.4 Å². The second kappa shape index (κ2) is 5.15. The van der Waals surface area contributed by atoms with Gasteiger partial charge in [-0.25, -0.2) is 0 Å². The Kier molecular flexibility index (Phi) is 4.41. The van der Waals surface area contributed by atoms with Gasteiger partial charge in [-0.15, -0.1) is 0 Å². The van der Waals surface area contributed by atoms with Gasteiger partial charge in [0.2, 0.25) is 0 Å². The maximum atomic E-state index is 11.6. The molecule has 0 saturated carbocycles. The minimum Gasteiger partial charge on any atom is -0.282 e. The van der Waals surface area contributed by atoms with Crippen molar-refractivity contribution >= 4 is 24.8 Å². The van der Waals surface area contributed by atoms with Gasteiger partial charge in [0.15, 0.2) is 0 Å². The summed E-state index contributed by atoms with van der Waals surface area (Å²) in [6, 6.07) is 0. The molecule has 5 heteroatoms. The molecule has 2 radical (unpaired) electrons. The number of hydrogen-bond donors (Lipinski definition) is 1. The summed E-state index contributed by atoms with van der Waals surface area (Å²) in [6.45, 7) is 11.7. The molecule has 0 heterocycles. The quantitative estimate of drug-likeness (QED) is 0.684. The molecule has 3 nitrogen and oxygen atoms in total. The number of benzene rings is 1. The molecule has 18 heavy (non-hydrogen) atoms. The van der Waals surface area contributed by atoms with Crippen LogP contribution in [0.25, 0.3) is 0 Å². The van der Waals surface area contributed by atoms with E-state index in [1.807, 2.05) is 20.8 Å². The minimum atomic E-state index is -4.16. The van der Waals surface area contributed by atoms with Gasteiger partial charge < -0.3 is 0 Å². The first-order valence-corrected chi connectivity index (χ1v) is 8.43. The first kappa shape index (κ1) is 15.4. The lowest BCUT2D eigenvalue weighted by atomic mass is 9.99. The highest BCUT2D eigenvalue weighted by atomic mass is 32.2. The summed E-state index contributed by atoms with van der Waals surface area (Å²) >= 11 is 0. The van der Waals surface area contributed by atoms with Gasteiger partial charge in [0.05, 0.1) is 14.4 Å². The standard InChI is InChI=1S/C13H20O3SSi/c1-7(2)18-13-11(6)9(4)8(3)10(5)12(13)17(14,15)16/h7H,1-6H3,(H,14,15,16). The van der Waals surface area contributed by atoms with Crippen LogP contribution in [0.2, 0.25) is 5.54 Å². The Morgan fingerprint density at radius 2 is 1.39 bits per heavy atom. The molecule has 0 saturated heterocycles. The van der Waals surface area contributed by atoms with Gasteiger partial charge in [0.1, 0.15) is 0 Å². The maximum absolute atomic E-state index is 11.6. The van der Waals surface area contributed by atoms with Crippen molar-refractivity contribution in [1.82, 2.24) is 0 Å². The Morgan fingerprint density at radius 1 is 0.944 bits per heavy atom. The Morgan fingerprint density at radius 3 is 1.78 bits per heavy atom. The summed E-state index contributed by atoms with van der Waals surface area (Å²) in [5.74, 6) is 0. The predicted octanol–water partition coefficient (Wildman–Crippen LogP) is 2.32. The third-order valence-corrected chi connectivity index (χ3v) is 6.02. The first-order valence-electron chi connectivity index (χ1n) is 5.91. The first-order chi connectivity index (χ1) is 8.07. The molecule has 1 N–H and O–H groups in total. The molecule has 0 aromatic heterocycles. The number of hydrogen-bond acceptors (Lipinski definition) is 2. The van der Waals surface area contributed by atoms with E-state index in [0.29, 0.717) is 20.6 Å². The highest BCUT2D eigenvalue weighted by Crippen LogP contribution is 2.23. The predicted molar refractivity (Wildman–Crippen MR) is 75.7 cm³/mol. The Labute approximate surface area is 112 Å². The van der Waals surface area contributed by atoms with Gasteiger partial charge in [0, 0.05) is 0 Å². The fourth-order valence-electron chi connectivity index (χ4n) is 2.06.